The van der Waals surface area contributed by atoms with Crippen LogP contribution in [-0.2, 0) is 22.6 Å². The largest absolute Gasteiger partial charge is 0.350 e. The van der Waals surface area contributed by atoms with Crippen LogP contribution in [0.15, 0.2) is 64.9 Å². The number of benzene rings is 2. The summed E-state index contributed by atoms with van der Waals surface area (Å²) in [6, 6.07) is 18.5. The molecule has 2 amide bonds. The highest BCUT2D eigenvalue weighted by Gasteiger charge is 2.37. The van der Waals surface area contributed by atoms with E-state index in [-0.39, 0.29) is 17.4 Å². The molecular formula is C25H27N3O2S2. The van der Waals surface area contributed by atoms with Crippen LogP contribution in [0.5, 0.6) is 0 Å². The Kier molecular flexibility index (Phi) is 7.27. The average Bonchev–Trinajstić information content (AvgIpc) is 3.44. The first kappa shape index (κ1) is 22.6. The number of carbonyl (C=O) groups is 2. The van der Waals surface area contributed by atoms with Crippen molar-refractivity contribution in [3.63, 3.8) is 0 Å². The van der Waals surface area contributed by atoms with Gasteiger partial charge in [-0.15, -0.1) is 23.1 Å². The Hall–Kier alpha value is -2.64. The van der Waals surface area contributed by atoms with Crippen LogP contribution < -0.4 is 10.6 Å². The second kappa shape index (κ2) is 10.3. The third-order valence-electron chi connectivity index (χ3n) is 5.83. The predicted octanol–water partition coefficient (Wildman–Crippen LogP) is 4.82. The standard InChI is InChI=1S/C25H27N3O2S2/c1-31-20-9-7-18(8-10-20)15-25(14-12-23(30)28-25)13-11-22(29)26-16-24-27-21(17-32-24)19-5-3-2-4-6-19/h2-10,17H,11-16H2,1H3,(H,26,29)(H,28,30). The summed E-state index contributed by atoms with van der Waals surface area (Å²) < 4.78 is 0. The molecule has 0 aliphatic carbocycles. The number of hydrogen-bond acceptors (Lipinski definition) is 5. The van der Waals surface area contributed by atoms with Crippen LogP contribution in [0.25, 0.3) is 11.3 Å². The Balaban J connectivity index is 1.31. The number of carbonyl (C=O) groups excluding carboxylic acids is 2. The molecule has 0 bridgehead atoms. The van der Waals surface area contributed by atoms with Crippen molar-refractivity contribution in [3.05, 3.63) is 70.5 Å². The maximum Gasteiger partial charge on any atom is 0.220 e. The normalized spacial score (nSPS) is 17.8. The maximum atomic E-state index is 12.6. The minimum absolute atomic E-state index is 0.0142. The summed E-state index contributed by atoms with van der Waals surface area (Å²) in [4.78, 5) is 30.4. The lowest BCUT2D eigenvalue weighted by molar-refractivity contribution is -0.122. The first-order chi connectivity index (χ1) is 15.5. The van der Waals surface area contributed by atoms with Crippen molar-refractivity contribution in [3.8, 4) is 11.3 Å². The summed E-state index contributed by atoms with van der Waals surface area (Å²) in [5.41, 5.74) is 2.84. The van der Waals surface area contributed by atoms with Crippen LogP contribution in [0, 0.1) is 0 Å². The van der Waals surface area contributed by atoms with Crippen LogP contribution in [0.3, 0.4) is 0 Å². The summed E-state index contributed by atoms with van der Waals surface area (Å²) in [7, 11) is 0. The Labute approximate surface area is 197 Å². The van der Waals surface area contributed by atoms with Crippen LogP contribution in [-0.4, -0.2) is 28.6 Å². The molecule has 1 aromatic heterocycles. The molecule has 5 nitrogen and oxygen atoms in total. The Morgan fingerprint density at radius 2 is 1.97 bits per heavy atom. The fourth-order valence-electron chi connectivity index (χ4n) is 4.07. The second-order valence-corrected chi connectivity index (χ2v) is 9.94. The molecule has 2 heterocycles. The van der Waals surface area contributed by atoms with Crippen LogP contribution >= 0.6 is 23.1 Å². The summed E-state index contributed by atoms with van der Waals surface area (Å²) in [5.74, 6) is 0.0575. The summed E-state index contributed by atoms with van der Waals surface area (Å²) in [6.07, 6.45) is 5.08. The lowest BCUT2D eigenvalue weighted by Gasteiger charge is -2.29. The smallest absolute Gasteiger partial charge is 0.220 e. The molecule has 32 heavy (non-hydrogen) atoms. The Bertz CT molecular complexity index is 1070. The molecule has 4 rings (SSSR count). The molecule has 3 aromatic rings. The molecule has 166 valence electrons. The van der Waals surface area contributed by atoms with Crippen molar-refractivity contribution in [2.75, 3.05) is 6.26 Å². The second-order valence-electron chi connectivity index (χ2n) is 8.12. The number of hydrogen-bond donors (Lipinski definition) is 2. The molecule has 0 radical (unpaired) electrons. The van der Waals surface area contributed by atoms with E-state index >= 15 is 0 Å². The number of nitrogens with zero attached hydrogens (tertiary/aromatic N) is 1. The zero-order valence-corrected chi connectivity index (χ0v) is 19.7. The molecular weight excluding hydrogens is 438 g/mol. The number of thiazole rings is 1. The van der Waals surface area contributed by atoms with E-state index in [0.717, 1.165) is 29.1 Å². The van der Waals surface area contributed by atoms with E-state index in [1.54, 1.807) is 23.1 Å². The minimum Gasteiger partial charge on any atom is -0.350 e. The fourth-order valence-corrected chi connectivity index (χ4v) is 5.22. The minimum atomic E-state index is -0.350. The number of amides is 2. The molecule has 1 fully saturated rings. The van der Waals surface area contributed by atoms with Gasteiger partial charge in [0.05, 0.1) is 12.2 Å². The van der Waals surface area contributed by atoms with Crippen molar-refractivity contribution in [2.45, 2.75) is 49.1 Å². The highest BCUT2D eigenvalue weighted by Crippen LogP contribution is 2.30. The van der Waals surface area contributed by atoms with Gasteiger partial charge >= 0.3 is 0 Å². The van der Waals surface area contributed by atoms with E-state index in [1.807, 2.05) is 35.7 Å². The molecule has 0 saturated carbocycles. The van der Waals surface area contributed by atoms with Gasteiger partial charge in [0.2, 0.25) is 11.8 Å². The van der Waals surface area contributed by atoms with Crippen LogP contribution in [0.2, 0.25) is 0 Å². The molecule has 1 atom stereocenters. The molecule has 1 aliphatic rings. The highest BCUT2D eigenvalue weighted by molar-refractivity contribution is 7.98. The number of aromatic nitrogens is 1. The van der Waals surface area contributed by atoms with Crippen molar-refractivity contribution < 1.29 is 9.59 Å². The molecule has 2 aromatic carbocycles. The van der Waals surface area contributed by atoms with Gasteiger partial charge in [0, 0.05) is 34.2 Å². The van der Waals surface area contributed by atoms with Crippen molar-refractivity contribution in [1.29, 1.82) is 0 Å². The van der Waals surface area contributed by atoms with Gasteiger partial charge in [-0.3, -0.25) is 9.59 Å². The number of rotatable bonds is 9. The zero-order valence-electron chi connectivity index (χ0n) is 18.1. The third-order valence-corrected chi connectivity index (χ3v) is 7.42. The fraction of sp³-hybridized carbons (Fsp3) is 0.320. The summed E-state index contributed by atoms with van der Waals surface area (Å²) >= 11 is 3.26. The summed E-state index contributed by atoms with van der Waals surface area (Å²) in [5, 5.41) is 9.05. The quantitative estimate of drug-likeness (QED) is 0.445. The first-order valence-corrected chi connectivity index (χ1v) is 12.9. The van der Waals surface area contributed by atoms with Crippen molar-refractivity contribution in [2.24, 2.45) is 0 Å². The van der Waals surface area contributed by atoms with Gasteiger partial charge in [-0.1, -0.05) is 42.5 Å². The Morgan fingerprint density at radius 1 is 1.19 bits per heavy atom. The summed E-state index contributed by atoms with van der Waals surface area (Å²) in [6.45, 7) is 0.422. The molecule has 1 aliphatic heterocycles. The zero-order chi connectivity index (χ0) is 22.4. The van der Waals surface area contributed by atoms with E-state index in [9.17, 15) is 9.59 Å². The van der Waals surface area contributed by atoms with Gasteiger partial charge in [0.25, 0.3) is 0 Å². The maximum absolute atomic E-state index is 12.6. The number of nitrogens with one attached hydrogen (secondary N) is 2. The van der Waals surface area contributed by atoms with E-state index in [4.69, 9.17) is 0 Å². The monoisotopic (exact) mass is 465 g/mol. The van der Waals surface area contributed by atoms with Crippen LogP contribution in [0.1, 0.15) is 36.3 Å². The Morgan fingerprint density at radius 3 is 2.66 bits per heavy atom. The first-order valence-electron chi connectivity index (χ1n) is 10.8. The van der Waals surface area contributed by atoms with Crippen molar-refractivity contribution >= 4 is 34.9 Å². The highest BCUT2D eigenvalue weighted by atomic mass is 32.2. The van der Waals surface area contributed by atoms with Gasteiger partial charge in [-0.05, 0) is 43.2 Å². The van der Waals surface area contributed by atoms with E-state index in [0.29, 0.717) is 25.8 Å². The lowest BCUT2D eigenvalue weighted by atomic mass is 9.85. The van der Waals surface area contributed by atoms with Crippen molar-refractivity contribution in [1.82, 2.24) is 15.6 Å². The van der Waals surface area contributed by atoms with E-state index in [2.05, 4.69) is 46.1 Å². The van der Waals surface area contributed by atoms with Gasteiger partial charge < -0.3 is 10.6 Å². The van der Waals surface area contributed by atoms with Gasteiger partial charge in [0.15, 0.2) is 0 Å². The van der Waals surface area contributed by atoms with Crippen LogP contribution in [0.4, 0.5) is 0 Å². The molecule has 1 unspecified atom stereocenters. The molecule has 2 N–H and O–H groups in total. The lowest BCUT2D eigenvalue weighted by Crippen LogP contribution is -2.44. The third kappa shape index (κ3) is 5.78. The SMILES string of the molecule is CSc1ccc(CC2(CCC(=O)NCc3nc(-c4ccccc4)cs3)CCC(=O)N2)cc1. The molecule has 0 spiro atoms. The van der Waals surface area contributed by atoms with Gasteiger partial charge in [0.1, 0.15) is 5.01 Å². The predicted molar refractivity (Wildman–Crippen MR) is 131 cm³/mol. The topological polar surface area (TPSA) is 71.1 Å². The molecule has 7 heteroatoms. The van der Waals surface area contributed by atoms with Gasteiger partial charge in [-0.25, -0.2) is 4.98 Å². The molecule has 1 saturated heterocycles. The van der Waals surface area contributed by atoms with Gasteiger partial charge in [-0.2, -0.15) is 0 Å². The van der Waals surface area contributed by atoms with E-state index in [1.165, 1.54) is 10.5 Å². The average molecular weight is 466 g/mol. The number of thioether (sulfide) groups is 1. The van der Waals surface area contributed by atoms with E-state index < -0.39 is 0 Å².